The van der Waals surface area contributed by atoms with Crippen molar-refractivity contribution in [3.8, 4) is 0 Å². The maximum atomic E-state index is 14.5. The summed E-state index contributed by atoms with van der Waals surface area (Å²) in [6.45, 7) is 1.69. The molecule has 1 aliphatic rings. The summed E-state index contributed by atoms with van der Waals surface area (Å²) in [7, 11) is 0. The molecule has 1 aromatic heterocycles. The van der Waals surface area contributed by atoms with Gasteiger partial charge in [0.15, 0.2) is 0 Å². The van der Waals surface area contributed by atoms with E-state index in [-0.39, 0.29) is 11.2 Å². The van der Waals surface area contributed by atoms with Crippen LogP contribution in [0.4, 0.5) is 10.1 Å². The molecule has 0 spiro atoms. The smallest absolute Gasteiger partial charge is 0.200 e. The van der Waals surface area contributed by atoms with E-state index in [0.29, 0.717) is 27.6 Å². The summed E-state index contributed by atoms with van der Waals surface area (Å²) in [6, 6.07) is 10.1. The quantitative estimate of drug-likeness (QED) is 0.635. The Balaban J connectivity index is 1.96. The van der Waals surface area contributed by atoms with Crippen LogP contribution >= 0.6 is 0 Å². The minimum Gasteiger partial charge on any atom is -0.456 e. The lowest BCUT2D eigenvalue weighted by molar-refractivity contribution is 0.556. The number of piperidine rings is 1. The average Bonchev–Trinajstić information content (AvgIpc) is 2.56. The third-order valence-corrected chi connectivity index (χ3v) is 4.34. The van der Waals surface area contributed by atoms with Gasteiger partial charge in [0.05, 0.1) is 16.5 Å². The van der Waals surface area contributed by atoms with Crippen molar-refractivity contribution in [3.63, 3.8) is 0 Å². The molecule has 2 heterocycles. The molecular weight excluding hydrogens is 281 g/mol. The Morgan fingerprint density at radius 3 is 2.55 bits per heavy atom. The number of benzene rings is 2. The highest BCUT2D eigenvalue weighted by Crippen LogP contribution is 2.28. The molecule has 0 amide bonds. The molecule has 0 radical (unpaired) electrons. The summed E-state index contributed by atoms with van der Waals surface area (Å²) >= 11 is 0. The van der Waals surface area contributed by atoms with Crippen molar-refractivity contribution in [2.45, 2.75) is 19.3 Å². The van der Waals surface area contributed by atoms with Gasteiger partial charge in [0.1, 0.15) is 17.0 Å². The second-order valence-electron chi connectivity index (χ2n) is 5.77. The van der Waals surface area contributed by atoms with Crippen molar-refractivity contribution in [3.05, 3.63) is 52.4 Å². The van der Waals surface area contributed by atoms with Crippen LogP contribution in [0.1, 0.15) is 19.3 Å². The van der Waals surface area contributed by atoms with E-state index in [1.165, 1.54) is 12.5 Å². The fourth-order valence-electron chi connectivity index (χ4n) is 3.19. The highest BCUT2D eigenvalue weighted by Gasteiger charge is 2.18. The Bertz CT molecular complexity index is 910. The molecule has 0 bridgehead atoms. The molecular formula is C18H16FNO2. The second kappa shape index (κ2) is 5.13. The van der Waals surface area contributed by atoms with Gasteiger partial charge >= 0.3 is 0 Å². The SMILES string of the molecule is O=c1c2ccccc2oc2cc(N3CCCCC3)c(F)cc12. The highest BCUT2D eigenvalue weighted by molar-refractivity contribution is 5.91. The van der Waals surface area contributed by atoms with Crippen LogP contribution in [0.25, 0.3) is 21.9 Å². The molecule has 22 heavy (non-hydrogen) atoms. The molecule has 3 aromatic rings. The summed E-state index contributed by atoms with van der Waals surface area (Å²) < 4.78 is 20.3. The molecule has 1 saturated heterocycles. The predicted octanol–water partition coefficient (Wildman–Crippen LogP) is 4.08. The summed E-state index contributed by atoms with van der Waals surface area (Å²) in [6.07, 6.45) is 3.32. The molecule has 0 atom stereocenters. The maximum Gasteiger partial charge on any atom is 0.200 e. The van der Waals surface area contributed by atoms with E-state index < -0.39 is 0 Å². The van der Waals surface area contributed by atoms with Crippen molar-refractivity contribution in [1.29, 1.82) is 0 Å². The molecule has 1 fully saturated rings. The van der Waals surface area contributed by atoms with Gasteiger partial charge < -0.3 is 9.32 Å². The molecule has 112 valence electrons. The second-order valence-corrected chi connectivity index (χ2v) is 5.77. The van der Waals surface area contributed by atoms with E-state index in [2.05, 4.69) is 0 Å². The topological polar surface area (TPSA) is 33.5 Å². The molecule has 0 N–H and O–H groups in total. The van der Waals surface area contributed by atoms with Gasteiger partial charge in [-0.3, -0.25) is 4.79 Å². The lowest BCUT2D eigenvalue weighted by atomic mass is 10.1. The van der Waals surface area contributed by atoms with Crippen molar-refractivity contribution in [1.82, 2.24) is 0 Å². The monoisotopic (exact) mass is 297 g/mol. The van der Waals surface area contributed by atoms with Crippen LogP contribution in [0.15, 0.2) is 45.6 Å². The number of hydrogen-bond acceptors (Lipinski definition) is 3. The standard InChI is InChI=1S/C18H16FNO2/c19-14-10-13-17(11-15(14)20-8-4-1-5-9-20)22-16-7-3-2-6-12(16)18(13)21/h2-3,6-7,10-11H,1,4-5,8-9H2. The van der Waals surface area contributed by atoms with Crippen LogP contribution in [-0.4, -0.2) is 13.1 Å². The third-order valence-electron chi connectivity index (χ3n) is 4.34. The van der Waals surface area contributed by atoms with Gasteiger partial charge in [0.25, 0.3) is 0 Å². The Kier molecular flexibility index (Phi) is 3.10. The number of nitrogens with zero attached hydrogens (tertiary/aromatic N) is 1. The zero-order valence-electron chi connectivity index (χ0n) is 12.1. The zero-order valence-corrected chi connectivity index (χ0v) is 12.1. The van der Waals surface area contributed by atoms with Crippen LogP contribution in [0.5, 0.6) is 0 Å². The van der Waals surface area contributed by atoms with Gasteiger partial charge in [-0.1, -0.05) is 12.1 Å². The van der Waals surface area contributed by atoms with Crippen LogP contribution in [0, 0.1) is 5.82 Å². The van der Waals surface area contributed by atoms with E-state index in [1.807, 2.05) is 11.0 Å². The number of halogens is 1. The van der Waals surface area contributed by atoms with Crippen molar-refractivity contribution < 1.29 is 8.81 Å². The van der Waals surface area contributed by atoms with Crippen LogP contribution < -0.4 is 10.3 Å². The first kappa shape index (κ1) is 13.3. The van der Waals surface area contributed by atoms with Crippen LogP contribution in [-0.2, 0) is 0 Å². The van der Waals surface area contributed by atoms with Crippen LogP contribution in [0.2, 0.25) is 0 Å². The van der Waals surface area contributed by atoms with Crippen LogP contribution in [0.3, 0.4) is 0 Å². The number of fused-ring (bicyclic) bond motifs is 2. The number of anilines is 1. The largest absolute Gasteiger partial charge is 0.456 e. The highest BCUT2D eigenvalue weighted by atomic mass is 19.1. The minimum absolute atomic E-state index is 0.180. The molecule has 4 rings (SSSR count). The average molecular weight is 297 g/mol. The minimum atomic E-state index is -0.350. The summed E-state index contributed by atoms with van der Waals surface area (Å²) in [5.74, 6) is -0.350. The Labute approximate surface area is 127 Å². The van der Waals surface area contributed by atoms with Gasteiger partial charge in [0.2, 0.25) is 5.43 Å². The molecule has 0 aliphatic carbocycles. The number of para-hydroxylation sites is 1. The molecule has 1 aliphatic heterocycles. The van der Waals surface area contributed by atoms with Gasteiger partial charge in [-0.25, -0.2) is 4.39 Å². The lowest BCUT2D eigenvalue weighted by Crippen LogP contribution is -2.30. The number of rotatable bonds is 1. The predicted molar refractivity (Wildman–Crippen MR) is 86.0 cm³/mol. The molecule has 0 saturated carbocycles. The van der Waals surface area contributed by atoms with Crippen molar-refractivity contribution in [2.24, 2.45) is 0 Å². The Hall–Kier alpha value is -2.36. The number of hydrogen-bond donors (Lipinski definition) is 0. The lowest BCUT2D eigenvalue weighted by Gasteiger charge is -2.29. The summed E-state index contributed by atoms with van der Waals surface area (Å²) in [5, 5.41) is 0.789. The van der Waals surface area contributed by atoms with Gasteiger partial charge in [-0.05, 0) is 37.5 Å². The molecule has 2 aromatic carbocycles. The van der Waals surface area contributed by atoms with Gasteiger partial charge in [-0.2, -0.15) is 0 Å². The maximum absolute atomic E-state index is 14.5. The fraction of sp³-hybridized carbons (Fsp3) is 0.278. The van der Waals surface area contributed by atoms with E-state index in [4.69, 9.17) is 4.42 Å². The normalized spacial score (nSPS) is 15.6. The molecule has 0 unspecified atom stereocenters. The van der Waals surface area contributed by atoms with Crippen molar-refractivity contribution >= 4 is 27.6 Å². The first-order valence-electron chi connectivity index (χ1n) is 7.64. The zero-order chi connectivity index (χ0) is 15.1. The first-order valence-corrected chi connectivity index (χ1v) is 7.64. The Morgan fingerprint density at radius 1 is 0.955 bits per heavy atom. The van der Waals surface area contributed by atoms with Gasteiger partial charge in [0, 0.05) is 19.2 Å². The van der Waals surface area contributed by atoms with E-state index in [0.717, 1.165) is 25.9 Å². The molecule has 3 nitrogen and oxygen atoms in total. The van der Waals surface area contributed by atoms with Gasteiger partial charge in [-0.15, -0.1) is 0 Å². The summed E-state index contributed by atoms with van der Waals surface area (Å²) in [4.78, 5) is 14.5. The fourth-order valence-corrected chi connectivity index (χ4v) is 3.19. The van der Waals surface area contributed by atoms with E-state index in [1.54, 1.807) is 24.3 Å². The first-order chi connectivity index (χ1) is 10.7. The molecule has 4 heteroatoms. The van der Waals surface area contributed by atoms with Crippen molar-refractivity contribution in [2.75, 3.05) is 18.0 Å². The van der Waals surface area contributed by atoms with E-state index in [9.17, 15) is 9.18 Å². The summed E-state index contributed by atoms with van der Waals surface area (Å²) in [5.41, 5.74) is 1.34. The Morgan fingerprint density at radius 2 is 1.73 bits per heavy atom. The third kappa shape index (κ3) is 2.06. The van der Waals surface area contributed by atoms with E-state index >= 15 is 0 Å².